The molecule has 1 saturated heterocycles. The van der Waals surface area contributed by atoms with Gasteiger partial charge in [-0.2, -0.15) is 0 Å². The van der Waals surface area contributed by atoms with Gasteiger partial charge in [0.05, 0.1) is 24.3 Å². The number of rotatable bonds is 9. The van der Waals surface area contributed by atoms with E-state index in [4.69, 9.17) is 4.74 Å². The largest absolute Gasteiger partial charge is 0.383 e. The van der Waals surface area contributed by atoms with Gasteiger partial charge in [-0.05, 0) is 24.6 Å². The summed E-state index contributed by atoms with van der Waals surface area (Å²) in [6.45, 7) is 1.78. The third kappa shape index (κ3) is 4.43. The number of nitrogens with one attached hydrogen (secondary N) is 2. The Morgan fingerprint density at radius 2 is 1.97 bits per heavy atom. The summed E-state index contributed by atoms with van der Waals surface area (Å²) in [7, 11) is 1.66. The summed E-state index contributed by atoms with van der Waals surface area (Å²) in [4.78, 5) is 61.6. The van der Waals surface area contributed by atoms with Crippen LogP contribution in [0.25, 0.3) is 0 Å². The van der Waals surface area contributed by atoms with Crippen molar-refractivity contribution in [3.05, 3.63) is 29.3 Å². The van der Waals surface area contributed by atoms with Gasteiger partial charge in [-0.3, -0.25) is 34.2 Å². The first-order valence-corrected chi connectivity index (χ1v) is 9.25. The molecule has 1 fully saturated rings. The van der Waals surface area contributed by atoms with E-state index < -0.39 is 29.7 Å². The van der Waals surface area contributed by atoms with Crippen LogP contribution in [0.1, 0.15) is 33.6 Å². The van der Waals surface area contributed by atoms with Gasteiger partial charge in [-0.25, -0.2) is 0 Å². The Bertz CT molecular complexity index is 855. The highest BCUT2D eigenvalue weighted by molar-refractivity contribution is 6.23. The van der Waals surface area contributed by atoms with Crippen LogP contribution in [0.5, 0.6) is 0 Å². The number of ether oxygens (including phenoxy) is 1. The number of hydrogen-bond acceptors (Lipinski definition) is 7. The molecule has 0 bridgehead atoms. The Morgan fingerprint density at radius 3 is 2.69 bits per heavy atom. The first-order chi connectivity index (χ1) is 13.9. The van der Waals surface area contributed by atoms with Gasteiger partial charge in [0.2, 0.25) is 18.2 Å². The molecule has 29 heavy (non-hydrogen) atoms. The number of nitrogens with zero attached hydrogens (tertiary/aromatic N) is 2. The van der Waals surface area contributed by atoms with Crippen molar-refractivity contribution in [2.75, 3.05) is 38.7 Å². The van der Waals surface area contributed by atoms with Gasteiger partial charge < -0.3 is 15.0 Å². The van der Waals surface area contributed by atoms with Crippen LogP contribution in [0, 0.1) is 0 Å². The first-order valence-electron chi connectivity index (χ1n) is 9.25. The number of fused-ring (bicyclic) bond motifs is 1. The molecule has 2 heterocycles. The number of carbonyl (C=O) groups is 5. The van der Waals surface area contributed by atoms with Crippen LogP contribution in [-0.2, 0) is 19.1 Å². The van der Waals surface area contributed by atoms with Crippen molar-refractivity contribution in [3.63, 3.8) is 0 Å². The average molecular weight is 402 g/mol. The summed E-state index contributed by atoms with van der Waals surface area (Å²) in [5.74, 6) is -2.12. The van der Waals surface area contributed by atoms with Crippen molar-refractivity contribution in [2.24, 2.45) is 0 Å². The number of imide groups is 2. The Labute approximate surface area is 167 Å². The number of hydrogen-bond donors (Lipinski definition) is 2. The maximum atomic E-state index is 12.7. The van der Waals surface area contributed by atoms with Crippen molar-refractivity contribution in [3.8, 4) is 0 Å². The summed E-state index contributed by atoms with van der Waals surface area (Å²) in [5.41, 5.74) is 1.10. The predicted octanol–water partition coefficient (Wildman–Crippen LogP) is -0.395. The zero-order valence-corrected chi connectivity index (χ0v) is 16.0. The molecule has 0 saturated carbocycles. The highest BCUT2D eigenvalue weighted by Gasteiger charge is 2.44. The fourth-order valence-corrected chi connectivity index (χ4v) is 3.21. The van der Waals surface area contributed by atoms with Crippen molar-refractivity contribution in [1.82, 2.24) is 15.1 Å². The monoisotopic (exact) mass is 402 g/mol. The van der Waals surface area contributed by atoms with E-state index in [1.165, 1.54) is 4.90 Å². The summed E-state index contributed by atoms with van der Waals surface area (Å²) < 4.78 is 5.41. The summed E-state index contributed by atoms with van der Waals surface area (Å²) >= 11 is 0. The van der Waals surface area contributed by atoms with E-state index in [1.807, 2.05) is 0 Å². The highest BCUT2D eigenvalue weighted by Crippen LogP contribution is 2.29. The molecule has 10 heteroatoms. The number of benzene rings is 1. The molecule has 2 aliphatic heterocycles. The van der Waals surface area contributed by atoms with Crippen LogP contribution in [0.15, 0.2) is 18.2 Å². The number of amides is 5. The van der Waals surface area contributed by atoms with Crippen LogP contribution < -0.4 is 10.6 Å². The lowest BCUT2D eigenvalue weighted by atomic mass is 10.0. The molecule has 1 aromatic carbocycles. The maximum absolute atomic E-state index is 12.7. The molecule has 2 aliphatic rings. The van der Waals surface area contributed by atoms with E-state index in [1.54, 1.807) is 25.2 Å². The van der Waals surface area contributed by atoms with Gasteiger partial charge in [-0.1, -0.05) is 0 Å². The van der Waals surface area contributed by atoms with Gasteiger partial charge in [0.15, 0.2) is 0 Å². The van der Waals surface area contributed by atoms with Crippen LogP contribution in [0.2, 0.25) is 0 Å². The zero-order chi connectivity index (χ0) is 21.0. The first kappa shape index (κ1) is 20.5. The summed E-state index contributed by atoms with van der Waals surface area (Å²) in [6, 6.07) is 3.82. The Balaban J connectivity index is 1.58. The van der Waals surface area contributed by atoms with Crippen LogP contribution >= 0.6 is 0 Å². The molecule has 1 aromatic rings. The minimum atomic E-state index is -0.977. The van der Waals surface area contributed by atoms with E-state index in [-0.39, 0.29) is 24.0 Å². The van der Waals surface area contributed by atoms with Crippen molar-refractivity contribution < 1.29 is 28.7 Å². The standard InChI is InChI=1S/C19H22N4O6/c1-22(11-24)7-9-29-8-6-20-12-2-3-13-14(10-12)19(28)23(18(13)27)15-4-5-16(25)21-17(15)26/h2-3,10-11,15,20H,4-9H2,1H3,(H,21,25,26). The number of carbonyl (C=O) groups excluding carboxylic acids is 5. The SMILES string of the molecule is CN(C=O)CCOCCNc1ccc2c(c1)C(=O)N(C1CCC(=O)NC1=O)C2=O. The molecular formula is C19H22N4O6. The highest BCUT2D eigenvalue weighted by atomic mass is 16.5. The molecule has 0 aromatic heterocycles. The number of piperidine rings is 1. The average Bonchev–Trinajstić information content (AvgIpc) is 2.95. The molecule has 154 valence electrons. The number of likely N-dealkylation sites (N-methyl/N-ethyl adjacent to an activating group) is 1. The fraction of sp³-hybridized carbons (Fsp3) is 0.421. The Kier molecular flexibility index (Phi) is 6.23. The zero-order valence-electron chi connectivity index (χ0n) is 16.0. The molecule has 3 rings (SSSR count). The quantitative estimate of drug-likeness (QED) is 0.327. The molecule has 1 unspecified atom stereocenters. The second-order valence-electron chi connectivity index (χ2n) is 6.83. The predicted molar refractivity (Wildman–Crippen MR) is 101 cm³/mol. The molecule has 5 amide bonds. The third-order valence-electron chi connectivity index (χ3n) is 4.78. The van der Waals surface area contributed by atoms with Crippen molar-refractivity contribution in [1.29, 1.82) is 0 Å². The molecule has 0 radical (unpaired) electrons. The van der Waals surface area contributed by atoms with E-state index in [9.17, 15) is 24.0 Å². The summed E-state index contributed by atoms with van der Waals surface area (Å²) in [6.07, 6.45) is 0.930. The topological polar surface area (TPSA) is 125 Å². The molecule has 0 spiro atoms. The smallest absolute Gasteiger partial charge is 0.262 e. The van der Waals surface area contributed by atoms with Crippen LogP contribution in [0.4, 0.5) is 5.69 Å². The van der Waals surface area contributed by atoms with Gasteiger partial charge >= 0.3 is 0 Å². The molecule has 2 N–H and O–H groups in total. The molecule has 1 atom stereocenters. The van der Waals surface area contributed by atoms with Gasteiger partial charge in [0.25, 0.3) is 11.8 Å². The van der Waals surface area contributed by atoms with E-state index in [2.05, 4.69) is 10.6 Å². The van der Waals surface area contributed by atoms with Crippen molar-refractivity contribution >= 4 is 35.7 Å². The Hall–Kier alpha value is -3.27. The van der Waals surface area contributed by atoms with E-state index in [0.717, 1.165) is 11.3 Å². The lowest BCUT2D eigenvalue weighted by Gasteiger charge is -2.27. The van der Waals surface area contributed by atoms with Crippen molar-refractivity contribution in [2.45, 2.75) is 18.9 Å². The van der Waals surface area contributed by atoms with Gasteiger partial charge in [0, 0.05) is 32.2 Å². The van der Waals surface area contributed by atoms with Gasteiger partial charge in [-0.15, -0.1) is 0 Å². The third-order valence-corrected chi connectivity index (χ3v) is 4.78. The molecule has 10 nitrogen and oxygen atoms in total. The second kappa shape index (κ2) is 8.82. The lowest BCUT2D eigenvalue weighted by Crippen LogP contribution is -2.54. The minimum Gasteiger partial charge on any atom is -0.383 e. The normalized spacial score (nSPS) is 18.5. The summed E-state index contributed by atoms with van der Waals surface area (Å²) in [5, 5.41) is 5.27. The molecule has 0 aliphatic carbocycles. The lowest BCUT2D eigenvalue weighted by molar-refractivity contribution is -0.136. The molecular weight excluding hydrogens is 380 g/mol. The number of anilines is 1. The van der Waals surface area contributed by atoms with Crippen LogP contribution in [-0.4, -0.2) is 79.2 Å². The van der Waals surface area contributed by atoms with E-state index >= 15 is 0 Å². The van der Waals surface area contributed by atoms with Gasteiger partial charge in [0.1, 0.15) is 6.04 Å². The minimum absolute atomic E-state index is 0.0826. The second-order valence-corrected chi connectivity index (χ2v) is 6.83. The Morgan fingerprint density at radius 1 is 1.21 bits per heavy atom. The maximum Gasteiger partial charge on any atom is 0.262 e. The fourth-order valence-electron chi connectivity index (χ4n) is 3.21. The van der Waals surface area contributed by atoms with E-state index in [0.29, 0.717) is 32.0 Å². The van der Waals surface area contributed by atoms with Crippen LogP contribution in [0.3, 0.4) is 0 Å².